The molecule has 8 heteroatoms. The molecule has 0 bridgehead atoms. The molecule has 0 unspecified atom stereocenters. The Labute approximate surface area is 118 Å². The highest BCUT2D eigenvalue weighted by atomic mass is 32.2. The lowest BCUT2D eigenvalue weighted by Crippen LogP contribution is -2.49. The molecule has 0 saturated carbocycles. The van der Waals surface area contributed by atoms with E-state index in [1.807, 2.05) is 0 Å². The Bertz CT molecular complexity index is 589. The van der Waals surface area contributed by atoms with Gasteiger partial charge in [0.05, 0.1) is 11.9 Å². The molecule has 1 saturated heterocycles. The van der Waals surface area contributed by atoms with Crippen molar-refractivity contribution in [2.24, 2.45) is 0 Å². The van der Waals surface area contributed by atoms with E-state index in [-0.39, 0.29) is 11.9 Å². The number of carbonyl (C=O) groups is 1. The average molecular weight is 301 g/mol. The van der Waals surface area contributed by atoms with Gasteiger partial charge in [-0.2, -0.15) is 0 Å². The molecule has 0 spiro atoms. The minimum absolute atomic E-state index is 0.181. The first kappa shape index (κ1) is 15.0. The maximum absolute atomic E-state index is 12.2. The number of amides is 1. The van der Waals surface area contributed by atoms with E-state index in [1.54, 1.807) is 13.8 Å². The molecule has 1 fully saturated rings. The predicted molar refractivity (Wildman–Crippen MR) is 72.9 cm³/mol. The molecule has 1 aliphatic rings. The summed E-state index contributed by atoms with van der Waals surface area (Å²) in [4.78, 5) is 12.2. The van der Waals surface area contributed by atoms with Crippen LogP contribution in [-0.2, 0) is 10.0 Å². The summed E-state index contributed by atoms with van der Waals surface area (Å²) < 4.78 is 29.4. The third-order valence-electron chi connectivity index (χ3n) is 3.45. The number of sulfonamides is 1. The van der Waals surface area contributed by atoms with Crippen LogP contribution in [0, 0.1) is 13.8 Å². The van der Waals surface area contributed by atoms with Crippen LogP contribution in [0.2, 0.25) is 0 Å². The van der Waals surface area contributed by atoms with Gasteiger partial charge < -0.3 is 9.84 Å². The Hall–Kier alpha value is -1.41. The highest BCUT2D eigenvalue weighted by molar-refractivity contribution is 7.88. The number of hydrogen-bond donors (Lipinski definition) is 1. The fraction of sp³-hybridized carbons (Fsp3) is 0.667. The number of hydrogen-bond acceptors (Lipinski definition) is 5. The Balaban J connectivity index is 2.05. The van der Waals surface area contributed by atoms with Gasteiger partial charge >= 0.3 is 0 Å². The number of nitrogens with one attached hydrogen (secondary N) is 1. The van der Waals surface area contributed by atoms with Crippen molar-refractivity contribution in [3.63, 3.8) is 0 Å². The number of aromatic nitrogens is 1. The number of carbonyl (C=O) groups excluding carboxylic acids is 1. The maximum Gasteiger partial charge on any atom is 0.257 e. The Kier molecular flexibility index (Phi) is 4.14. The zero-order valence-corrected chi connectivity index (χ0v) is 12.7. The SMILES string of the molecule is Cc1noc(C)c1C(=O)N[C@H]1CCCN(S(C)(=O)=O)C1. The monoisotopic (exact) mass is 301 g/mol. The first-order chi connectivity index (χ1) is 9.29. The topological polar surface area (TPSA) is 92.5 Å². The third-order valence-corrected chi connectivity index (χ3v) is 4.72. The molecule has 0 aliphatic carbocycles. The van der Waals surface area contributed by atoms with E-state index in [0.29, 0.717) is 30.1 Å². The molecule has 1 atom stereocenters. The minimum atomic E-state index is -3.21. The second kappa shape index (κ2) is 5.53. The summed E-state index contributed by atoms with van der Waals surface area (Å²) in [5.41, 5.74) is 0.970. The van der Waals surface area contributed by atoms with E-state index in [9.17, 15) is 13.2 Å². The standard InChI is InChI=1S/C12H19N3O4S/c1-8-11(9(2)19-14-8)12(16)13-10-5-4-6-15(7-10)20(3,17)18/h10H,4-7H2,1-3H3,(H,13,16)/t10-/m0/s1. The smallest absolute Gasteiger partial charge is 0.257 e. The average Bonchev–Trinajstić information content (AvgIpc) is 2.68. The lowest BCUT2D eigenvalue weighted by molar-refractivity contribution is 0.0919. The Morgan fingerprint density at radius 2 is 2.15 bits per heavy atom. The molecule has 2 rings (SSSR count). The van der Waals surface area contributed by atoms with Crippen molar-refractivity contribution in [3.05, 3.63) is 17.0 Å². The Morgan fingerprint density at radius 1 is 1.45 bits per heavy atom. The quantitative estimate of drug-likeness (QED) is 0.875. The van der Waals surface area contributed by atoms with Crippen LogP contribution in [0.1, 0.15) is 34.7 Å². The van der Waals surface area contributed by atoms with Crippen LogP contribution in [0.15, 0.2) is 4.52 Å². The lowest BCUT2D eigenvalue weighted by atomic mass is 10.1. The summed E-state index contributed by atoms with van der Waals surface area (Å²) in [5, 5.41) is 6.60. The molecule has 1 aliphatic heterocycles. The summed E-state index contributed by atoms with van der Waals surface area (Å²) in [5.74, 6) is 0.206. The van der Waals surface area contributed by atoms with E-state index in [1.165, 1.54) is 10.6 Å². The van der Waals surface area contributed by atoms with Crippen molar-refractivity contribution in [2.75, 3.05) is 19.3 Å². The van der Waals surface area contributed by atoms with Gasteiger partial charge in [-0.1, -0.05) is 5.16 Å². The molecule has 1 aromatic heterocycles. The summed E-state index contributed by atoms with van der Waals surface area (Å²) >= 11 is 0. The molecular weight excluding hydrogens is 282 g/mol. The molecule has 1 N–H and O–H groups in total. The van der Waals surface area contributed by atoms with Crippen LogP contribution >= 0.6 is 0 Å². The van der Waals surface area contributed by atoms with Crippen molar-refractivity contribution < 1.29 is 17.7 Å². The van der Waals surface area contributed by atoms with Gasteiger partial charge in [0.1, 0.15) is 11.3 Å². The van der Waals surface area contributed by atoms with Gasteiger partial charge in [-0.05, 0) is 26.7 Å². The van der Waals surface area contributed by atoms with Crippen LogP contribution in [0.4, 0.5) is 0 Å². The number of nitrogens with zero attached hydrogens (tertiary/aromatic N) is 2. The molecule has 1 amide bonds. The molecule has 0 aromatic carbocycles. The summed E-state index contributed by atoms with van der Waals surface area (Å²) in [6, 6.07) is -0.181. The second-order valence-electron chi connectivity index (χ2n) is 5.13. The van der Waals surface area contributed by atoms with Crippen LogP contribution < -0.4 is 5.32 Å². The third kappa shape index (κ3) is 3.18. The molecule has 1 aromatic rings. The van der Waals surface area contributed by atoms with E-state index < -0.39 is 10.0 Å². The largest absolute Gasteiger partial charge is 0.361 e. The normalized spacial score (nSPS) is 20.9. The molecule has 2 heterocycles. The van der Waals surface area contributed by atoms with E-state index in [2.05, 4.69) is 10.5 Å². The van der Waals surface area contributed by atoms with Gasteiger partial charge in [0.25, 0.3) is 5.91 Å². The number of piperidine rings is 1. The Morgan fingerprint density at radius 3 is 2.70 bits per heavy atom. The maximum atomic E-state index is 12.2. The van der Waals surface area contributed by atoms with Gasteiger partial charge in [-0.15, -0.1) is 0 Å². The molecule has 20 heavy (non-hydrogen) atoms. The van der Waals surface area contributed by atoms with Gasteiger partial charge in [-0.3, -0.25) is 4.79 Å². The van der Waals surface area contributed by atoms with Crippen LogP contribution in [0.25, 0.3) is 0 Å². The molecule has 112 valence electrons. The molecule has 0 radical (unpaired) electrons. The van der Waals surface area contributed by atoms with Gasteiger partial charge in [0.2, 0.25) is 10.0 Å². The van der Waals surface area contributed by atoms with E-state index >= 15 is 0 Å². The number of rotatable bonds is 3. The number of aryl methyl sites for hydroxylation is 2. The van der Waals surface area contributed by atoms with Crippen LogP contribution in [-0.4, -0.2) is 49.2 Å². The van der Waals surface area contributed by atoms with Crippen LogP contribution in [0.3, 0.4) is 0 Å². The van der Waals surface area contributed by atoms with Crippen molar-refractivity contribution >= 4 is 15.9 Å². The zero-order chi connectivity index (χ0) is 14.9. The van der Waals surface area contributed by atoms with Crippen molar-refractivity contribution in [1.29, 1.82) is 0 Å². The van der Waals surface area contributed by atoms with Gasteiger partial charge in [0.15, 0.2) is 0 Å². The summed E-state index contributed by atoms with van der Waals surface area (Å²) in [6.07, 6.45) is 2.69. The highest BCUT2D eigenvalue weighted by Crippen LogP contribution is 2.16. The first-order valence-corrected chi connectivity index (χ1v) is 8.32. The fourth-order valence-corrected chi connectivity index (χ4v) is 3.34. The van der Waals surface area contributed by atoms with Crippen molar-refractivity contribution in [1.82, 2.24) is 14.8 Å². The zero-order valence-electron chi connectivity index (χ0n) is 11.8. The summed E-state index contributed by atoms with van der Waals surface area (Å²) in [6.45, 7) is 4.21. The van der Waals surface area contributed by atoms with E-state index in [4.69, 9.17) is 4.52 Å². The van der Waals surface area contributed by atoms with Crippen LogP contribution in [0.5, 0.6) is 0 Å². The minimum Gasteiger partial charge on any atom is -0.361 e. The van der Waals surface area contributed by atoms with Crippen molar-refractivity contribution in [2.45, 2.75) is 32.7 Å². The van der Waals surface area contributed by atoms with E-state index in [0.717, 1.165) is 12.8 Å². The van der Waals surface area contributed by atoms with Gasteiger partial charge in [0, 0.05) is 19.1 Å². The molecule has 7 nitrogen and oxygen atoms in total. The highest BCUT2D eigenvalue weighted by Gasteiger charge is 2.28. The second-order valence-corrected chi connectivity index (χ2v) is 7.12. The summed E-state index contributed by atoms with van der Waals surface area (Å²) in [7, 11) is -3.21. The molecular formula is C12H19N3O4S. The first-order valence-electron chi connectivity index (χ1n) is 6.48. The van der Waals surface area contributed by atoms with Gasteiger partial charge in [-0.25, -0.2) is 12.7 Å². The van der Waals surface area contributed by atoms with Crippen molar-refractivity contribution in [3.8, 4) is 0 Å². The lowest BCUT2D eigenvalue weighted by Gasteiger charge is -2.31. The predicted octanol–water partition coefficient (Wildman–Crippen LogP) is 0.445. The fourth-order valence-electron chi connectivity index (χ4n) is 2.43.